The van der Waals surface area contributed by atoms with Crippen LogP contribution < -0.4 is 5.32 Å². The number of carbonyl (C=O) groups excluding carboxylic acids is 1. The van der Waals surface area contributed by atoms with Crippen LogP contribution in [0.5, 0.6) is 0 Å². The van der Waals surface area contributed by atoms with E-state index >= 15 is 0 Å². The number of rotatable bonds is 3. The van der Waals surface area contributed by atoms with Gasteiger partial charge in [-0.15, -0.1) is 5.10 Å². The van der Waals surface area contributed by atoms with E-state index in [1.807, 2.05) is 12.3 Å². The molecule has 0 saturated heterocycles. The number of carbonyl (C=O) groups is 1. The molecule has 8 nitrogen and oxygen atoms in total. The quantitative estimate of drug-likeness (QED) is 0.755. The maximum Gasteiger partial charge on any atom is 0.231 e. The number of aryl methyl sites for hydroxylation is 1. The van der Waals surface area contributed by atoms with Crippen molar-refractivity contribution in [1.29, 1.82) is 0 Å². The Balaban J connectivity index is 1.22. The van der Waals surface area contributed by atoms with Crippen molar-refractivity contribution < 1.29 is 4.79 Å². The number of tetrazole rings is 1. The molecular weight excluding hydrogens is 354 g/mol. The molecule has 0 aromatic carbocycles. The lowest BCUT2D eigenvalue weighted by atomic mass is 9.90. The van der Waals surface area contributed by atoms with Gasteiger partial charge in [0, 0.05) is 36.4 Å². The summed E-state index contributed by atoms with van der Waals surface area (Å²) >= 11 is 0. The van der Waals surface area contributed by atoms with E-state index < -0.39 is 0 Å². The lowest BCUT2D eigenvalue weighted by molar-refractivity contribution is -0.123. The molecule has 2 aliphatic rings. The first-order chi connectivity index (χ1) is 13.8. The Hall–Kier alpha value is -2.77. The van der Waals surface area contributed by atoms with Crippen molar-refractivity contribution in [1.82, 2.24) is 35.1 Å². The van der Waals surface area contributed by atoms with E-state index in [0.29, 0.717) is 11.9 Å². The fourth-order valence-corrected chi connectivity index (χ4v) is 4.69. The monoisotopic (exact) mass is 379 g/mol. The van der Waals surface area contributed by atoms with Gasteiger partial charge in [0.15, 0.2) is 5.82 Å². The molecule has 0 radical (unpaired) electrons. The normalized spacial score (nSPS) is 25.2. The van der Waals surface area contributed by atoms with Crippen molar-refractivity contribution in [2.75, 3.05) is 0 Å². The molecule has 28 heavy (non-hydrogen) atoms. The van der Waals surface area contributed by atoms with E-state index in [-0.39, 0.29) is 17.9 Å². The van der Waals surface area contributed by atoms with Gasteiger partial charge in [0.25, 0.3) is 0 Å². The van der Waals surface area contributed by atoms with Crippen LogP contribution in [0.1, 0.15) is 62.7 Å². The highest BCUT2D eigenvalue weighted by Gasteiger charge is 2.31. The molecule has 1 atom stereocenters. The van der Waals surface area contributed by atoms with E-state index in [9.17, 15) is 4.79 Å². The van der Waals surface area contributed by atoms with Crippen molar-refractivity contribution in [3.05, 3.63) is 36.4 Å². The predicted molar refractivity (Wildman–Crippen MR) is 104 cm³/mol. The number of fused-ring (bicyclic) bond motifs is 2. The summed E-state index contributed by atoms with van der Waals surface area (Å²) in [5, 5.41) is 16.4. The summed E-state index contributed by atoms with van der Waals surface area (Å²) in [7, 11) is 0. The fraction of sp³-hybridized carbons (Fsp3) is 0.550. The van der Waals surface area contributed by atoms with Crippen LogP contribution in [-0.2, 0) is 11.3 Å². The van der Waals surface area contributed by atoms with E-state index in [2.05, 4.69) is 48.7 Å². The van der Waals surface area contributed by atoms with Gasteiger partial charge >= 0.3 is 0 Å². The average molecular weight is 379 g/mol. The summed E-state index contributed by atoms with van der Waals surface area (Å²) in [4.78, 5) is 17.5. The summed E-state index contributed by atoms with van der Waals surface area (Å²) in [5.74, 6) is 0.566. The molecule has 3 aromatic rings. The molecule has 0 spiro atoms. The van der Waals surface area contributed by atoms with E-state index in [1.165, 1.54) is 5.39 Å². The van der Waals surface area contributed by atoms with Crippen LogP contribution in [0, 0.1) is 0 Å². The second-order valence-electron chi connectivity index (χ2n) is 7.96. The minimum atomic E-state index is -0.229. The van der Waals surface area contributed by atoms with Gasteiger partial charge in [0.05, 0.1) is 5.92 Å². The molecule has 1 aliphatic carbocycles. The second kappa shape index (κ2) is 7.33. The van der Waals surface area contributed by atoms with Gasteiger partial charge in [-0.3, -0.25) is 4.79 Å². The Bertz CT molecular complexity index is 970. The zero-order valence-electron chi connectivity index (χ0n) is 15.9. The first-order valence-electron chi connectivity index (χ1n) is 10.3. The molecule has 3 aromatic heterocycles. The van der Waals surface area contributed by atoms with E-state index in [0.717, 1.165) is 57.1 Å². The number of amides is 1. The number of nitrogens with one attached hydrogen (secondary N) is 1. The van der Waals surface area contributed by atoms with Crippen molar-refractivity contribution in [3.8, 4) is 0 Å². The van der Waals surface area contributed by atoms with Crippen LogP contribution in [0.4, 0.5) is 0 Å². The molecule has 1 fully saturated rings. The Labute approximate surface area is 163 Å². The van der Waals surface area contributed by atoms with E-state index in [1.54, 1.807) is 4.68 Å². The third-order valence-corrected chi connectivity index (χ3v) is 6.21. The number of hydrogen-bond donors (Lipinski definition) is 1. The van der Waals surface area contributed by atoms with E-state index in [4.69, 9.17) is 0 Å². The first-order valence-corrected chi connectivity index (χ1v) is 10.3. The smallest absolute Gasteiger partial charge is 0.231 e. The Morgan fingerprint density at radius 1 is 1.11 bits per heavy atom. The molecule has 1 amide bonds. The van der Waals surface area contributed by atoms with Crippen molar-refractivity contribution in [3.63, 3.8) is 0 Å². The SMILES string of the molecule is O=C(NC1CCC(n2ccc3cccnc32)CC1)C1CCCCn2nnnc21. The summed E-state index contributed by atoms with van der Waals surface area (Å²) in [6, 6.07) is 6.89. The minimum Gasteiger partial charge on any atom is -0.353 e. The fourth-order valence-electron chi connectivity index (χ4n) is 4.69. The first kappa shape index (κ1) is 17.3. The van der Waals surface area contributed by atoms with Gasteiger partial charge in [-0.1, -0.05) is 6.42 Å². The molecule has 1 N–H and O–H groups in total. The van der Waals surface area contributed by atoms with Crippen LogP contribution in [0.3, 0.4) is 0 Å². The van der Waals surface area contributed by atoms with Crippen molar-refractivity contribution in [2.24, 2.45) is 0 Å². The standard InChI is InChI=1S/C20H25N7O/c28-20(17-5-1-2-12-27-19(17)23-24-25-27)22-15-6-8-16(9-7-15)26-13-10-14-4-3-11-21-18(14)26/h3-4,10-11,13,15-17H,1-2,5-9,12H2,(H,22,28). The molecule has 146 valence electrons. The number of hydrogen-bond acceptors (Lipinski definition) is 5. The minimum absolute atomic E-state index is 0.0782. The third-order valence-electron chi connectivity index (χ3n) is 6.21. The highest BCUT2D eigenvalue weighted by Crippen LogP contribution is 2.32. The molecule has 5 rings (SSSR count). The summed E-state index contributed by atoms with van der Waals surface area (Å²) in [5.41, 5.74) is 1.06. The Kier molecular flexibility index (Phi) is 4.54. The highest BCUT2D eigenvalue weighted by atomic mass is 16.2. The largest absolute Gasteiger partial charge is 0.353 e. The van der Waals surface area contributed by atoms with Crippen LogP contribution in [-0.4, -0.2) is 41.7 Å². The van der Waals surface area contributed by atoms with Gasteiger partial charge in [-0.2, -0.15) is 0 Å². The number of aromatic nitrogens is 6. The van der Waals surface area contributed by atoms with Gasteiger partial charge in [-0.05, 0) is 67.2 Å². The third kappa shape index (κ3) is 3.16. The van der Waals surface area contributed by atoms with Crippen LogP contribution in [0.15, 0.2) is 30.6 Å². The topological polar surface area (TPSA) is 90.5 Å². The molecule has 1 unspecified atom stereocenters. The second-order valence-corrected chi connectivity index (χ2v) is 7.96. The molecular formula is C20H25N7O. The maximum absolute atomic E-state index is 12.9. The molecule has 1 saturated carbocycles. The maximum atomic E-state index is 12.9. The zero-order valence-corrected chi connectivity index (χ0v) is 15.9. The number of nitrogens with zero attached hydrogens (tertiary/aromatic N) is 6. The predicted octanol–water partition coefficient (Wildman–Crippen LogP) is 2.59. The van der Waals surface area contributed by atoms with Gasteiger partial charge < -0.3 is 9.88 Å². The van der Waals surface area contributed by atoms with Crippen LogP contribution >= 0.6 is 0 Å². The highest BCUT2D eigenvalue weighted by molar-refractivity contribution is 5.83. The molecule has 1 aliphatic heterocycles. The molecule has 8 heteroatoms. The van der Waals surface area contributed by atoms with Gasteiger partial charge in [0.1, 0.15) is 5.65 Å². The van der Waals surface area contributed by atoms with Crippen LogP contribution in [0.2, 0.25) is 0 Å². The van der Waals surface area contributed by atoms with Crippen molar-refractivity contribution >= 4 is 16.9 Å². The van der Waals surface area contributed by atoms with Gasteiger partial charge in [-0.25, -0.2) is 9.67 Å². The average Bonchev–Trinajstić information content (AvgIpc) is 3.31. The van der Waals surface area contributed by atoms with Crippen molar-refractivity contribution in [2.45, 2.75) is 69.5 Å². The lowest BCUT2D eigenvalue weighted by Gasteiger charge is -2.31. The summed E-state index contributed by atoms with van der Waals surface area (Å²) < 4.78 is 4.09. The molecule has 4 heterocycles. The Morgan fingerprint density at radius 3 is 2.89 bits per heavy atom. The lowest BCUT2D eigenvalue weighted by Crippen LogP contribution is -2.41. The molecule has 0 bridgehead atoms. The zero-order chi connectivity index (χ0) is 18.9. The van der Waals surface area contributed by atoms with Gasteiger partial charge in [0.2, 0.25) is 5.91 Å². The number of pyridine rings is 1. The summed E-state index contributed by atoms with van der Waals surface area (Å²) in [6.07, 6.45) is 10.9. The van der Waals surface area contributed by atoms with Crippen LogP contribution in [0.25, 0.3) is 11.0 Å². The Morgan fingerprint density at radius 2 is 2.00 bits per heavy atom. The summed E-state index contributed by atoms with van der Waals surface area (Å²) in [6.45, 7) is 0.802.